The zero-order valence-electron chi connectivity index (χ0n) is 10.1. The Morgan fingerprint density at radius 3 is 2.95 bits per heavy atom. The second-order valence-corrected chi connectivity index (χ2v) is 4.77. The monoisotopic (exact) mass is 274 g/mol. The molecule has 0 amide bonds. The summed E-state index contributed by atoms with van der Waals surface area (Å²) in [6.45, 7) is 0.537. The molecular formula is C15H12ClFN2. The molecule has 0 unspecified atom stereocenters. The number of hydrogen-bond acceptors (Lipinski definition) is 1. The molecular weight excluding hydrogens is 263 g/mol. The van der Waals surface area contributed by atoms with Crippen LogP contribution in [0, 0.1) is 5.82 Å². The van der Waals surface area contributed by atoms with E-state index >= 15 is 0 Å². The van der Waals surface area contributed by atoms with E-state index in [1.165, 1.54) is 12.1 Å². The molecule has 2 nitrogen and oxygen atoms in total. The van der Waals surface area contributed by atoms with E-state index in [9.17, 15) is 4.39 Å². The number of anilines is 1. The van der Waals surface area contributed by atoms with Crippen LogP contribution in [0.25, 0.3) is 10.9 Å². The third-order valence-corrected chi connectivity index (χ3v) is 3.31. The fraction of sp³-hybridized carbons (Fsp3) is 0.0667. The van der Waals surface area contributed by atoms with Crippen LogP contribution in [-0.2, 0) is 6.54 Å². The Balaban J connectivity index is 1.86. The van der Waals surface area contributed by atoms with Gasteiger partial charge < -0.3 is 10.3 Å². The maximum Gasteiger partial charge on any atom is 0.146 e. The van der Waals surface area contributed by atoms with Crippen molar-refractivity contribution in [3.05, 3.63) is 65.1 Å². The number of nitrogens with one attached hydrogen (secondary N) is 2. The molecule has 0 aliphatic rings. The summed E-state index contributed by atoms with van der Waals surface area (Å²) in [7, 11) is 0. The molecule has 0 aliphatic heterocycles. The number of aromatic nitrogens is 1. The molecule has 0 saturated carbocycles. The van der Waals surface area contributed by atoms with Gasteiger partial charge in [-0.3, -0.25) is 0 Å². The smallest absolute Gasteiger partial charge is 0.146 e. The van der Waals surface area contributed by atoms with Crippen molar-refractivity contribution in [1.82, 2.24) is 4.98 Å². The number of fused-ring (bicyclic) bond motifs is 1. The quantitative estimate of drug-likeness (QED) is 0.719. The number of halogens is 2. The molecule has 0 radical (unpaired) electrons. The molecule has 2 N–H and O–H groups in total. The van der Waals surface area contributed by atoms with Gasteiger partial charge in [0.2, 0.25) is 0 Å². The number of H-pyrrole nitrogens is 1. The van der Waals surface area contributed by atoms with E-state index in [0.717, 1.165) is 16.5 Å². The molecule has 0 spiro atoms. The highest BCUT2D eigenvalue weighted by atomic mass is 35.5. The van der Waals surface area contributed by atoms with Crippen LogP contribution in [0.5, 0.6) is 0 Å². The number of aromatic amines is 1. The molecule has 1 heterocycles. The minimum atomic E-state index is -0.303. The predicted octanol–water partition coefficient (Wildman–Crippen LogP) is 4.57. The number of para-hydroxylation sites is 1. The van der Waals surface area contributed by atoms with E-state index in [4.69, 9.17) is 11.6 Å². The van der Waals surface area contributed by atoms with E-state index < -0.39 is 0 Å². The molecule has 3 aromatic rings. The number of hydrogen-bond donors (Lipinski definition) is 2. The summed E-state index contributed by atoms with van der Waals surface area (Å²) < 4.78 is 13.6. The summed E-state index contributed by atoms with van der Waals surface area (Å²) in [5.74, 6) is -0.303. The first kappa shape index (κ1) is 12.1. The van der Waals surface area contributed by atoms with Crippen LogP contribution in [0.1, 0.15) is 5.56 Å². The summed E-state index contributed by atoms with van der Waals surface area (Å²) in [5.41, 5.74) is 2.57. The van der Waals surface area contributed by atoms with Crippen molar-refractivity contribution in [3.8, 4) is 0 Å². The van der Waals surface area contributed by atoms with E-state index in [0.29, 0.717) is 17.3 Å². The van der Waals surface area contributed by atoms with Crippen LogP contribution in [0.3, 0.4) is 0 Å². The summed E-state index contributed by atoms with van der Waals surface area (Å²) >= 11 is 5.86. The predicted molar refractivity (Wildman–Crippen MR) is 77.0 cm³/mol. The minimum absolute atomic E-state index is 0.303. The summed E-state index contributed by atoms with van der Waals surface area (Å²) in [6.07, 6.45) is 1.90. The van der Waals surface area contributed by atoms with Gasteiger partial charge in [-0.15, -0.1) is 0 Å². The molecule has 96 valence electrons. The van der Waals surface area contributed by atoms with Crippen LogP contribution >= 0.6 is 11.6 Å². The molecule has 1 aromatic heterocycles. The minimum Gasteiger partial charge on any atom is -0.378 e. The first-order chi connectivity index (χ1) is 9.24. The van der Waals surface area contributed by atoms with Gasteiger partial charge in [-0.1, -0.05) is 29.8 Å². The van der Waals surface area contributed by atoms with Gasteiger partial charge >= 0.3 is 0 Å². The van der Waals surface area contributed by atoms with Crippen molar-refractivity contribution in [2.75, 3.05) is 5.32 Å². The van der Waals surface area contributed by atoms with E-state index in [2.05, 4.69) is 10.3 Å². The van der Waals surface area contributed by atoms with E-state index in [-0.39, 0.29) is 5.82 Å². The number of benzene rings is 2. The Bertz CT molecular complexity index is 721. The van der Waals surface area contributed by atoms with Crippen LogP contribution in [0.4, 0.5) is 10.1 Å². The topological polar surface area (TPSA) is 27.8 Å². The summed E-state index contributed by atoms with van der Waals surface area (Å²) in [4.78, 5) is 3.19. The third-order valence-electron chi connectivity index (χ3n) is 3.07. The van der Waals surface area contributed by atoms with Crippen molar-refractivity contribution in [2.24, 2.45) is 0 Å². The molecule has 0 atom stereocenters. The van der Waals surface area contributed by atoms with E-state index in [1.807, 2.05) is 30.5 Å². The Kier molecular flexibility index (Phi) is 3.13. The van der Waals surface area contributed by atoms with Crippen LogP contribution in [0.2, 0.25) is 5.02 Å². The molecule has 19 heavy (non-hydrogen) atoms. The highest BCUT2D eigenvalue weighted by molar-refractivity contribution is 6.30. The largest absolute Gasteiger partial charge is 0.378 e. The van der Waals surface area contributed by atoms with Gasteiger partial charge in [0, 0.05) is 17.8 Å². The summed E-state index contributed by atoms with van der Waals surface area (Å²) in [6, 6.07) is 12.5. The molecule has 0 fully saturated rings. The molecule has 4 heteroatoms. The van der Waals surface area contributed by atoms with E-state index in [1.54, 1.807) is 6.07 Å². The lowest BCUT2D eigenvalue weighted by Gasteiger charge is -2.09. The lowest BCUT2D eigenvalue weighted by atomic mass is 10.1. The van der Waals surface area contributed by atoms with Crippen LogP contribution in [-0.4, -0.2) is 4.98 Å². The Morgan fingerprint density at radius 2 is 2.05 bits per heavy atom. The van der Waals surface area contributed by atoms with Crippen LogP contribution in [0.15, 0.2) is 48.7 Å². The van der Waals surface area contributed by atoms with Gasteiger partial charge in [0.25, 0.3) is 0 Å². The molecule has 3 rings (SSSR count). The van der Waals surface area contributed by atoms with Crippen molar-refractivity contribution >= 4 is 28.2 Å². The highest BCUT2D eigenvalue weighted by Gasteiger charge is 2.05. The van der Waals surface area contributed by atoms with Gasteiger partial charge in [0.1, 0.15) is 5.82 Å². The molecule has 0 saturated heterocycles. The van der Waals surface area contributed by atoms with Gasteiger partial charge in [-0.2, -0.15) is 0 Å². The van der Waals surface area contributed by atoms with Crippen molar-refractivity contribution in [1.29, 1.82) is 0 Å². The number of rotatable bonds is 3. The maximum atomic E-state index is 13.6. The highest BCUT2D eigenvalue weighted by Crippen LogP contribution is 2.22. The van der Waals surface area contributed by atoms with Crippen molar-refractivity contribution in [3.63, 3.8) is 0 Å². The lowest BCUT2D eigenvalue weighted by Crippen LogP contribution is -2.02. The Morgan fingerprint density at radius 1 is 1.16 bits per heavy atom. The van der Waals surface area contributed by atoms with Gasteiger partial charge in [0.05, 0.1) is 11.2 Å². The third kappa shape index (κ3) is 2.42. The van der Waals surface area contributed by atoms with Gasteiger partial charge in [-0.05, 0) is 35.2 Å². The zero-order valence-corrected chi connectivity index (χ0v) is 10.8. The molecule has 0 aliphatic carbocycles. The average Bonchev–Trinajstić information content (AvgIpc) is 2.88. The lowest BCUT2D eigenvalue weighted by molar-refractivity contribution is 0.630. The van der Waals surface area contributed by atoms with Crippen molar-refractivity contribution in [2.45, 2.75) is 6.54 Å². The normalized spacial score (nSPS) is 10.8. The maximum absolute atomic E-state index is 13.6. The first-order valence-electron chi connectivity index (χ1n) is 5.98. The standard InChI is InChI=1S/C15H12ClFN2/c16-12-4-5-13(17)14(8-12)19-9-11-3-1-2-10-6-7-18-15(10)11/h1-8,18-19H,9H2. The Labute approximate surface area is 115 Å². The van der Waals surface area contributed by atoms with Gasteiger partial charge in [-0.25, -0.2) is 4.39 Å². The Hall–Kier alpha value is -2.00. The van der Waals surface area contributed by atoms with Crippen LogP contribution < -0.4 is 5.32 Å². The summed E-state index contributed by atoms with van der Waals surface area (Å²) in [5, 5.41) is 4.73. The first-order valence-corrected chi connectivity index (χ1v) is 6.36. The SMILES string of the molecule is Fc1ccc(Cl)cc1NCc1cccc2cc[nH]c12. The zero-order chi connectivity index (χ0) is 13.2. The fourth-order valence-corrected chi connectivity index (χ4v) is 2.29. The second kappa shape index (κ2) is 4.94. The van der Waals surface area contributed by atoms with Gasteiger partial charge in [0.15, 0.2) is 0 Å². The average molecular weight is 275 g/mol. The van der Waals surface area contributed by atoms with Crippen molar-refractivity contribution < 1.29 is 4.39 Å². The second-order valence-electron chi connectivity index (χ2n) is 4.34. The fourth-order valence-electron chi connectivity index (χ4n) is 2.12. The molecule has 0 bridgehead atoms. The molecule has 2 aromatic carbocycles.